The molecule has 0 fully saturated rings. The average Bonchev–Trinajstić information content (AvgIpc) is 2.89. The van der Waals surface area contributed by atoms with Crippen LogP contribution in [0, 0.1) is 24.3 Å². The molecule has 3 aromatic rings. The monoisotopic (exact) mass is 342 g/mol. The number of phenolic OH excluding ortho intramolecular Hbond substituents is 1. The van der Waals surface area contributed by atoms with E-state index in [1.54, 1.807) is 12.1 Å². The van der Waals surface area contributed by atoms with Crippen LogP contribution in [-0.2, 0) is 6.42 Å². The molecule has 3 nitrogen and oxygen atoms in total. The van der Waals surface area contributed by atoms with Gasteiger partial charge in [-0.3, -0.25) is 10.2 Å². The van der Waals surface area contributed by atoms with Crippen LogP contribution in [0.3, 0.4) is 0 Å². The first kappa shape index (κ1) is 16.5. The first-order chi connectivity index (χ1) is 11.4. The maximum Gasteiger partial charge on any atom is 0.127 e. The zero-order valence-electron chi connectivity index (χ0n) is 13.8. The van der Waals surface area contributed by atoms with Gasteiger partial charge in [-0.05, 0) is 66.8 Å². The third kappa shape index (κ3) is 2.76. The van der Waals surface area contributed by atoms with E-state index in [1.807, 2.05) is 19.9 Å². The van der Waals surface area contributed by atoms with Crippen LogP contribution in [0.15, 0.2) is 30.3 Å². The summed E-state index contributed by atoms with van der Waals surface area (Å²) >= 11 is 5.42. The van der Waals surface area contributed by atoms with Crippen LogP contribution in [0.5, 0.6) is 5.75 Å². The maximum atomic E-state index is 13.4. The van der Waals surface area contributed by atoms with E-state index in [2.05, 4.69) is 17.1 Å². The van der Waals surface area contributed by atoms with E-state index in [1.165, 1.54) is 12.1 Å². The molecule has 0 aliphatic heterocycles. The molecule has 24 heavy (non-hydrogen) atoms. The smallest absolute Gasteiger partial charge is 0.127 e. The van der Waals surface area contributed by atoms with E-state index in [0.29, 0.717) is 15.9 Å². The van der Waals surface area contributed by atoms with Crippen LogP contribution in [0.25, 0.3) is 22.4 Å². The first-order valence-corrected chi connectivity index (χ1v) is 8.23. The fraction of sp³-hybridized carbons (Fsp3) is 0.211. The minimum absolute atomic E-state index is 0.191. The van der Waals surface area contributed by atoms with Crippen molar-refractivity contribution in [1.29, 1.82) is 0 Å². The van der Waals surface area contributed by atoms with Crippen molar-refractivity contribution in [2.75, 3.05) is 0 Å². The van der Waals surface area contributed by atoms with Crippen molar-refractivity contribution in [3.05, 3.63) is 57.5 Å². The van der Waals surface area contributed by atoms with E-state index in [4.69, 9.17) is 12.2 Å². The third-order valence-corrected chi connectivity index (χ3v) is 4.65. The van der Waals surface area contributed by atoms with Gasteiger partial charge in [0.25, 0.3) is 0 Å². The summed E-state index contributed by atoms with van der Waals surface area (Å²) < 4.78 is 14.0. The van der Waals surface area contributed by atoms with E-state index in [9.17, 15) is 9.50 Å². The molecule has 124 valence electrons. The average molecular weight is 342 g/mol. The quantitative estimate of drug-likeness (QED) is 0.556. The number of phenols is 1. The second-order valence-corrected chi connectivity index (χ2v) is 6.35. The highest BCUT2D eigenvalue weighted by Gasteiger charge is 2.18. The predicted molar refractivity (Wildman–Crippen MR) is 97.3 cm³/mol. The Balaban J connectivity index is 2.27. The largest absolute Gasteiger partial charge is 0.507 e. The molecule has 0 atom stereocenters. The van der Waals surface area contributed by atoms with E-state index < -0.39 is 0 Å². The molecule has 0 saturated heterocycles. The van der Waals surface area contributed by atoms with Crippen molar-refractivity contribution in [2.45, 2.75) is 27.2 Å². The van der Waals surface area contributed by atoms with Gasteiger partial charge in [-0.25, -0.2) is 4.39 Å². The van der Waals surface area contributed by atoms with Gasteiger partial charge in [0.2, 0.25) is 0 Å². The summed E-state index contributed by atoms with van der Waals surface area (Å²) in [6, 6.07) is 8.35. The molecule has 0 saturated carbocycles. The summed E-state index contributed by atoms with van der Waals surface area (Å²) in [5, 5.41) is 16.4. The Morgan fingerprint density at radius 1 is 1.04 bits per heavy atom. The maximum absolute atomic E-state index is 13.4. The van der Waals surface area contributed by atoms with Crippen molar-refractivity contribution in [3.63, 3.8) is 0 Å². The zero-order chi connectivity index (χ0) is 17.4. The Morgan fingerprint density at radius 2 is 1.79 bits per heavy atom. The summed E-state index contributed by atoms with van der Waals surface area (Å²) in [6.45, 7) is 5.90. The van der Waals surface area contributed by atoms with Crippen molar-refractivity contribution >= 4 is 12.2 Å². The van der Waals surface area contributed by atoms with Crippen LogP contribution < -0.4 is 0 Å². The Hall–Kier alpha value is -2.40. The third-order valence-electron chi connectivity index (χ3n) is 4.34. The number of aryl methyl sites for hydroxylation is 3. The van der Waals surface area contributed by atoms with Gasteiger partial charge in [0, 0.05) is 11.1 Å². The highest BCUT2D eigenvalue weighted by Crippen LogP contribution is 2.38. The van der Waals surface area contributed by atoms with Gasteiger partial charge >= 0.3 is 0 Å². The lowest BCUT2D eigenvalue weighted by Gasteiger charge is -2.12. The van der Waals surface area contributed by atoms with Crippen molar-refractivity contribution < 1.29 is 9.50 Å². The molecule has 0 aliphatic rings. The van der Waals surface area contributed by atoms with Crippen LogP contribution in [0.4, 0.5) is 4.39 Å². The molecule has 1 heterocycles. The summed E-state index contributed by atoms with van der Waals surface area (Å²) in [6.07, 6.45) is 0.870. The van der Waals surface area contributed by atoms with Gasteiger partial charge in [0.05, 0.1) is 5.69 Å². The Labute approximate surface area is 145 Å². The summed E-state index contributed by atoms with van der Waals surface area (Å²) in [5.41, 5.74) is 6.00. The molecule has 0 spiro atoms. The topological polar surface area (TPSA) is 51.8 Å². The zero-order valence-corrected chi connectivity index (χ0v) is 14.6. The highest BCUT2D eigenvalue weighted by molar-refractivity contribution is 7.71. The molecule has 0 unspecified atom stereocenters. The van der Waals surface area contributed by atoms with Crippen LogP contribution in [-0.4, -0.2) is 15.3 Å². The number of benzene rings is 2. The standard InChI is InChI=1S/C19H19FN2OS/c1-4-12-9-15(16(23)8-10(12)2)18-17(19(24)22-21-18)14-6-5-13(20)7-11(14)3/h5-9,23H,4H2,1-3H3,(H2,21,22,24). The number of aromatic amines is 2. The molecule has 3 N–H and O–H groups in total. The number of hydrogen-bond acceptors (Lipinski definition) is 2. The van der Waals surface area contributed by atoms with Crippen LogP contribution in [0.1, 0.15) is 23.6 Å². The normalized spacial score (nSPS) is 11.0. The van der Waals surface area contributed by atoms with Gasteiger partial charge in [-0.1, -0.05) is 25.2 Å². The first-order valence-electron chi connectivity index (χ1n) is 7.82. The van der Waals surface area contributed by atoms with Crippen molar-refractivity contribution in [2.24, 2.45) is 0 Å². The molecule has 0 amide bonds. The second-order valence-electron chi connectivity index (χ2n) is 5.94. The fourth-order valence-corrected chi connectivity index (χ4v) is 3.31. The molecular weight excluding hydrogens is 323 g/mol. The summed E-state index contributed by atoms with van der Waals surface area (Å²) in [4.78, 5) is 0. The van der Waals surface area contributed by atoms with Gasteiger partial charge in [0.15, 0.2) is 0 Å². The lowest BCUT2D eigenvalue weighted by atomic mass is 9.95. The predicted octanol–water partition coefficient (Wildman–Crippen LogP) is 5.43. The number of aromatic nitrogens is 2. The van der Waals surface area contributed by atoms with Crippen molar-refractivity contribution in [3.8, 4) is 28.1 Å². The number of nitrogens with one attached hydrogen (secondary N) is 2. The van der Waals surface area contributed by atoms with Gasteiger partial charge < -0.3 is 5.11 Å². The Kier molecular flexibility index (Phi) is 4.28. The van der Waals surface area contributed by atoms with Gasteiger partial charge in [-0.2, -0.15) is 0 Å². The molecule has 0 aliphatic carbocycles. The summed E-state index contributed by atoms with van der Waals surface area (Å²) in [7, 11) is 0. The number of aromatic hydroxyl groups is 1. The van der Waals surface area contributed by atoms with Crippen LogP contribution >= 0.6 is 12.2 Å². The minimum Gasteiger partial charge on any atom is -0.507 e. The Morgan fingerprint density at radius 3 is 2.46 bits per heavy atom. The molecule has 3 rings (SSSR count). The Bertz CT molecular complexity index is 972. The van der Waals surface area contributed by atoms with Crippen molar-refractivity contribution in [1.82, 2.24) is 10.2 Å². The second kappa shape index (κ2) is 6.24. The molecule has 2 aromatic carbocycles. The molecule has 1 aromatic heterocycles. The fourth-order valence-electron chi connectivity index (χ4n) is 3.04. The minimum atomic E-state index is -0.283. The lowest BCUT2D eigenvalue weighted by Crippen LogP contribution is -1.92. The molecule has 5 heteroatoms. The van der Waals surface area contributed by atoms with E-state index >= 15 is 0 Å². The molecule has 0 bridgehead atoms. The number of halogens is 1. The van der Waals surface area contributed by atoms with Crippen LogP contribution in [0.2, 0.25) is 0 Å². The molecular formula is C19H19FN2OS. The highest BCUT2D eigenvalue weighted by atomic mass is 32.1. The summed E-state index contributed by atoms with van der Waals surface area (Å²) in [5.74, 6) is -0.0920. The van der Waals surface area contributed by atoms with Gasteiger partial charge in [-0.15, -0.1) is 0 Å². The number of H-pyrrole nitrogens is 2. The lowest BCUT2D eigenvalue weighted by molar-refractivity contribution is 0.476. The molecule has 0 radical (unpaired) electrons. The van der Waals surface area contributed by atoms with E-state index in [0.717, 1.165) is 34.2 Å². The van der Waals surface area contributed by atoms with Gasteiger partial charge in [0.1, 0.15) is 16.2 Å². The number of hydrogen-bond donors (Lipinski definition) is 3. The number of rotatable bonds is 3. The SMILES string of the molecule is CCc1cc(-c2[nH][nH]c(=S)c2-c2ccc(F)cc2C)c(O)cc1C. The van der Waals surface area contributed by atoms with E-state index in [-0.39, 0.29) is 11.6 Å².